The van der Waals surface area contributed by atoms with Crippen LogP contribution in [0, 0.1) is 5.95 Å². The number of para-hydroxylation sites is 1. The van der Waals surface area contributed by atoms with Gasteiger partial charge in [0.1, 0.15) is 17.2 Å². The number of hydrogen-bond donors (Lipinski definition) is 1. The maximum Gasteiger partial charge on any atom is 0.214 e. The molecular formula is C17H17FN2O. The Morgan fingerprint density at radius 3 is 2.76 bits per heavy atom. The average molecular weight is 284 g/mol. The Labute approximate surface area is 122 Å². The molecule has 0 saturated carbocycles. The highest BCUT2D eigenvalue weighted by molar-refractivity contribution is 5.82. The molecule has 0 spiro atoms. The van der Waals surface area contributed by atoms with Crippen molar-refractivity contribution < 1.29 is 8.81 Å². The fourth-order valence-electron chi connectivity index (χ4n) is 2.61. The highest BCUT2D eigenvalue weighted by Crippen LogP contribution is 2.31. The molecule has 1 unspecified atom stereocenters. The SMILES string of the molecule is CCc1c(C(C)Nc2cccc(F)n2)oc2ccccc12. The molecular weight excluding hydrogens is 267 g/mol. The first-order valence-electron chi connectivity index (χ1n) is 7.08. The number of aryl methyl sites for hydroxylation is 1. The van der Waals surface area contributed by atoms with Crippen LogP contribution in [0.1, 0.15) is 31.2 Å². The van der Waals surface area contributed by atoms with Gasteiger partial charge in [-0.2, -0.15) is 4.39 Å². The van der Waals surface area contributed by atoms with E-state index in [9.17, 15) is 4.39 Å². The van der Waals surface area contributed by atoms with Gasteiger partial charge in [-0.25, -0.2) is 4.98 Å². The molecule has 21 heavy (non-hydrogen) atoms. The van der Waals surface area contributed by atoms with Crippen LogP contribution in [0.3, 0.4) is 0 Å². The van der Waals surface area contributed by atoms with Crippen molar-refractivity contribution in [3.8, 4) is 0 Å². The molecule has 2 heterocycles. The normalized spacial score (nSPS) is 12.5. The van der Waals surface area contributed by atoms with Crippen LogP contribution in [0.4, 0.5) is 10.2 Å². The molecule has 0 amide bonds. The summed E-state index contributed by atoms with van der Waals surface area (Å²) in [5, 5.41) is 4.32. The molecule has 0 bridgehead atoms. The molecule has 0 radical (unpaired) electrons. The summed E-state index contributed by atoms with van der Waals surface area (Å²) in [6.45, 7) is 4.09. The summed E-state index contributed by atoms with van der Waals surface area (Å²) in [5.74, 6) is 0.891. The van der Waals surface area contributed by atoms with E-state index in [4.69, 9.17) is 4.42 Å². The van der Waals surface area contributed by atoms with Gasteiger partial charge in [0.25, 0.3) is 0 Å². The zero-order chi connectivity index (χ0) is 14.8. The second-order valence-corrected chi connectivity index (χ2v) is 5.01. The molecule has 0 aliphatic heterocycles. The summed E-state index contributed by atoms with van der Waals surface area (Å²) in [6.07, 6.45) is 0.884. The molecule has 1 atom stereocenters. The Morgan fingerprint density at radius 1 is 1.19 bits per heavy atom. The van der Waals surface area contributed by atoms with Crippen LogP contribution in [0.25, 0.3) is 11.0 Å². The van der Waals surface area contributed by atoms with Gasteiger partial charge in [-0.15, -0.1) is 0 Å². The molecule has 1 aromatic carbocycles. The number of rotatable bonds is 4. The lowest BCUT2D eigenvalue weighted by molar-refractivity contribution is 0.518. The molecule has 0 saturated heterocycles. The fourth-order valence-corrected chi connectivity index (χ4v) is 2.61. The van der Waals surface area contributed by atoms with Gasteiger partial charge < -0.3 is 9.73 Å². The van der Waals surface area contributed by atoms with Gasteiger partial charge in [-0.3, -0.25) is 0 Å². The maximum atomic E-state index is 13.2. The second-order valence-electron chi connectivity index (χ2n) is 5.01. The number of pyridine rings is 1. The van der Waals surface area contributed by atoms with Gasteiger partial charge in [0.15, 0.2) is 0 Å². The number of fused-ring (bicyclic) bond motifs is 1. The summed E-state index contributed by atoms with van der Waals surface area (Å²) in [5.41, 5.74) is 2.06. The number of hydrogen-bond acceptors (Lipinski definition) is 3. The van der Waals surface area contributed by atoms with Crippen LogP contribution in [0.2, 0.25) is 0 Å². The average Bonchev–Trinajstić information content (AvgIpc) is 2.86. The third kappa shape index (κ3) is 2.61. The molecule has 0 fully saturated rings. The van der Waals surface area contributed by atoms with E-state index in [2.05, 4.69) is 23.3 Å². The smallest absolute Gasteiger partial charge is 0.214 e. The Bertz CT molecular complexity index is 766. The van der Waals surface area contributed by atoms with E-state index in [-0.39, 0.29) is 6.04 Å². The fraction of sp³-hybridized carbons (Fsp3) is 0.235. The second kappa shape index (κ2) is 5.56. The van der Waals surface area contributed by atoms with Gasteiger partial charge in [-0.05, 0) is 31.5 Å². The first-order valence-corrected chi connectivity index (χ1v) is 7.08. The van der Waals surface area contributed by atoms with Crippen molar-refractivity contribution in [2.75, 3.05) is 5.32 Å². The minimum Gasteiger partial charge on any atom is -0.459 e. The summed E-state index contributed by atoms with van der Waals surface area (Å²) >= 11 is 0. The van der Waals surface area contributed by atoms with E-state index < -0.39 is 5.95 Å². The number of aromatic nitrogens is 1. The van der Waals surface area contributed by atoms with E-state index in [1.165, 1.54) is 11.6 Å². The minimum absolute atomic E-state index is 0.0818. The Balaban J connectivity index is 1.95. The van der Waals surface area contributed by atoms with Crippen LogP contribution in [0.15, 0.2) is 46.9 Å². The van der Waals surface area contributed by atoms with Crippen LogP contribution in [-0.2, 0) is 6.42 Å². The summed E-state index contributed by atoms with van der Waals surface area (Å²) in [7, 11) is 0. The molecule has 3 aromatic rings. The predicted molar refractivity (Wildman–Crippen MR) is 81.8 cm³/mol. The van der Waals surface area contributed by atoms with Crippen molar-refractivity contribution in [1.29, 1.82) is 0 Å². The maximum absolute atomic E-state index is 13.2. The molecule has 0 aliphatic rings. The van der Waals surface area contributed by atoms with Crippen LogP contribution >= 0.6 is 0 Å². The number of furan rings is 1. The van der Waals surface area contributed by atoms with Crippen molar-refractivity contribution in [2.45, 2.75) is 26.3 Å². The van der Waals surface area contributed by atoms with Gasteiger partial charge >= 0.3 is 0 Å². The zero-order valence-electron chi connectivity index (χ0n) is 12.1. The monoisotopic (exact) mass is 284 g/mol. The molecule has 3 nitrogen and oxygen atoms in total. The minimum atomic E-state index is -0.493. The number of halogens is 1. The van der Waals surface area contributed by atoms with Crippen molar-refractivity contribution in [3.63, 3.8) is 0 Å². The number of anilines is 1. The van der Waals surface area contributed by atoms with Crippen LogP contribution in [-0.4, -0.2) is 4.98 Å². The van der Waals surface area contributed by atoms with E-state index in [1.54, 1.807) is 12.1 Å². The quantitative estimate of drug-likeness (QED) is 0.705. The van der Waals surface area contributed by atoms with Gasteiger partial charge in [0.05, 0.1) is 6.04 Å². The molecule has 2 aromatic heterocycles. The summed E-state index contributed by atoms with van der Waals surface area (Å²) in [4.78, 5) is 3.83. The topological polar surface area (TPSA) is 38.1 Å². The van der Waals surface area contributed by atoms with E-state index in [0.29, 0.717) is 5.82 Å². The van der Waals surface area contributed by atoms with Gasteiger partial charge in [0, 0.05) is 10.9 Å². The third-order valence-corrected chi connectivity index (χ3v) is 3.56. The molecule has 3 rings (SSSR count). The van der Waals surface area contributed by atoms with Gasteiger partial charge in [0.2, 0.25) is 5.95 Å². The first-order chi connectivity index (χ1) is 10.2. The van der Waals surface area contributed by atoms with Crippen LogP contribution in [0.5, 0.6) is 0 Å². The summed E-state index contributed by atoms with van der Waals surface area (Å²) < 4.78 is 19.1. The standard InChI is InChI=1S/C17H17FN2O/c1-3-12-13-7-4-5-8-14(13)21-17(12)11(2)19-16-10-6-9-15(18)20-16/h4-11H,3H2,1-2H3,(H,19,20). The Kier molecular flexibility index (Phi) is 3.60. The van der Waals surface area contributed by atoms with Crippen molar-refractivity contribution in [2.24, 2.45) is 0 Å². The van der Waals surface area contributed by atoms with E-state index in [1.807, 2.05) is 25.1 Å². The largest absolute Gasteiger partial charge is 0.459 e. The lowest BCUT2D eigenvalue weighted by Gasteiger charge is -2.13. The number of nitrogens with one attached hydrogen (secondary N) is 1. The highest BCUT2D eigenvalue weighted by atomic mass is 19.1. The lowest BCUT2D eigenvalue weighted by atomic mass is 10.1. The number of benzene rings is 1. The van der Waals surface area contributed by atoms with Crippen molar-refractivity contribution >= 4 is 16.8 Å². The molecule has 108 valence electrons. The highest BCUT2D eigenvalue weighted by Gasteiger charge is 2.18. The van der Waals surface area contributed by atoms with Crippen molar-refractivity contribution in [3.05, 3.63) is 59.7 Å². The Morgan fingerprint density at radius 2 is 2.00 bits per heavy atom. The predicted octanol–water partition coefficient (Wildman–Crippen LogP) is 4.70. The zero-order valence-corrected chi connectivity index (χ0v) is 12.1. The molecule has 0 aliphatic carbocycles. The molecule has 4 heteroatoms. The van der Waals surface area contributed by atoms with Crippen molar-refractivity contribution in [1.82, 2.24) is 4.98 Å². The third-order valence-electron chi connectivity index (χ3n) is 3.56. The van der Waals surface area contributed by atoms with Crippen LogP contribution < -0.4 is 5.32 Å². The Hall–Kier alpha value is -2.36. The van der Waals surface area contributed by atoms with E-state index in [0.717, 1.165) is 23.2 Å². The lowest BCUT2D eigenvalue weighted by Crippen LogP contribution is -2.09. The first kappa shape index (κ1) is 13.6. The van der Waals surface area contributed by atoms with Gasteiger partial charge in [-0.1, -0.05) is 31.2 Å². The number of nitrogens with zero attached hydrogens (tertiary/aromatic N) is 1. The van der Waals surface area contributed by atoms with E-state index >= 15 is 0 Å². The molecule has 1 N–H and O–H groups in total. The summed E-state index contributed by atoms with van der Waals surface area (Å²) in [6, 6.07) is 12.6.